The third-order valence-corrected chi connectivity index (χ3v) is 6.46. The van der Waals surface area contributed by atoms with Gasteiger partial charge >= 0.3 is 0 Å². The Labute approximate surface area is 181 Å². The summed E-state index contributed by atoms with van der Waals surface area (Å²) in [5.74, 6) is 1.37. The Morgan fingerprint density at radius 1 is 1.19 bits per heavy atom. The van der Waals surface area contributed by atoms with Crippen LogP contribution in [0.2, 0.25) is 0 Å². The monoisotopic (exact) mass is 423 g/mol. The lowest BCUT2D eigenvalue weighted by Gasteiger charge is -2.34. The fraction of sp³-hybridized carbons (Fsp3) is 0.500. The Morgan fingerprint density at radius 3 is 2.71 bits per heavy atom. The Hall–Kier alpha value is -3.07. The average molecular weight is 424 g/mol. The number of aliphatic hydroxyl groups is 1. The Morgan fingerprint density at radius 2 is 1.94 bits per heavy atom. The van der Waals surface area contributed by atoms with Crippen LogP contribution >= 0.6 is 0 Å². The number of rotatable bonds is 3. The molecule has 1 aromatic heterocycles. The second kappa shape index (κ2) is 7.26. The van der Waals surface area contributed by atoms with E-state index in [9.17, 15) is 9.90 Å². The third kappa shape index (κ3) is 3.52. The van der Waals surface area contributed by atoms with Crippen molar-refractivity contribution >= 4 is 40.4 Å². The number of carbonyl (C=O) groups is 1. The number of aromatic nitrogens is 2. The summed E-state index contributed by atoms with van der Waals surface area (Å²) in [4.78, 5) is 26.5. The minimum atomic E-state index is -0.787. The molecule has 2 aromatic rings. The molecule has 164 valence electrons. The van der Waals surface area contributed by atoms with Crippen molar-refractivity contribution in [2.24, 2.45) is 5.41 Å². The molecular weight excluding hydrogens is 394 g/mol. The lowest BCUT2D eigenvalue weighted by Crippen LogP contribution is -2.45. The second-order valence-electron chi connectivity index (χ2n) is 9.29. The first kappa shape index (κ1) is 19.9. The van der Waals surface area contributed by atoms with Crippen LogP contribution in [-0.4, -0.2) is 47.0 Å². The fourth-order valence-corrected chi connectivity index (χ4v) is 4.85. The number of hydrogen-bond acceptors (Lipinski definition) is 8. The van der Waals surface area contributed by atoms with Gasteiger partial charge in [0.2, 0.25) is 18.2 Å². The van der Waals surface area contributed by atoms with E-state index in [1.165, 1.54) is 12.8 Å². The van der Waals surface area contributed by atoms with Crippen LogP contribution in [0.15, 0.2) is 24.4 Å². The van der Waals surface area contributed by atoms with Gasteiger partial charge in [0.25, 0.3) is 0 Å². The van der Waals surface area contributed by atoms with Crippen molar-refractivity contribution in [3.8, 4) is 0 Å². The smallest absolute Gasteiger partial charge is 0.234 e. The molecule has 1 aromatic carbocycles. The zero-order valence-electron chi connectivity index (χ0n) is 18.1. The van der Waals surface area contributed by atoms with E-state index >= 15 is 0 Å². The molecule has 1 saturated carbocycles. The van der Waals surface area contributed by atoms with Crippen molar-refractivity contribution in [2.75, 3.05) is 39.3 Å². The van der Waals surface area contributed by atoms with E-state index in [-0.39, 0.29) is 5.91 Å². The molecule has 31 heavy (non-hydrogen) atoms. The zero-order chi connectivity index (χ0) is 21.8. The lowest BCUT2D eigenvalue weighted by atomic mass is 9.91. The number of carbonyl (C=O) groups excluding carboxylic acids is 1. The molecule has 0 spiro atoms. The van der Waals surface area contributed by atoms with E-state index in [2.05, 4.69) is 25.8 Å². The summed E-state index contributed by atoms with van der Waals surface area (Å²) < 4.78 is 0. The molecule has 0 saturated heterocycles. The maximum atomic E-state index is 13.1. The van der Waals surface area contributed by atoms with E-state index in [1.807, 2.05) is 39.1 Å². The Balaban J connectivity index is 1.50. The number of nitrogens with one attached hydrogen (secondary N) is 3. The van der Waals surface area contributed by atoms with Crippen LogP contribution in [0.3, 0.4) is 0 Å². The van der Waals surface area contributed by atoms with E-state index in [0.29, 0.717) is 18.5 Å². The number of benzene rings is 1. The number of hydrogen-bond donors (Lipinski definition) is 4. The predicted molar refractivity (Wildman–Crippen MR) is 122 cm³/mol. The molecule has 1 amide bonds. The summed E-state index contributed by atoms with van der Waals surface area (Å²) in [7, 11) is 1.81. The molecule has 3 aliphatic rings. The molecule has 4 N–H and O–H groups in total. The zero-order valence-corrected chi connectivity index (χ0v) is 18.1. The third-order valence-electron chi connectivity index (χ3n) is 6.46. The van der Waals surface area contributed by atoms with E-state index in [1.54, 1.807) is 11.1 Å². The standard InChI is InChI=1S/C22H29N7O2/c1-22(2)12-29(14-6-4-5-7-14)18-17(28(3)19(22)30)11-23-20(27-18)24-13-8-9-15-16(10-13)26-21(31)25-15/h8-11,14,21,25-26,31H,4-7,12H2,1-3H3,(H,23,24,27). The first-order valence-electron chi connectivity index (χ1n) is 10.9. The highest BCUT2D eigenvalue weighted by molar-refractivity contribution is 6.00. The molecule has 9 nitrogen and oxygen atoms in total. The van der Waals surface area contributed by atoms with Crippen molar-refractivity contribution < 1.29 is 9.90 Å². The van der Waals surface area contributed by atoms with Crippen molar-refractivity contribution in [1.82, 2.24) is 9.97 Å². The predicted octanol–water partition coefficient (Wildman–Crippen LogP) is 3.09. The van der Waals surface area contributed by atoms with Gasteiger partial charge in [0, 0.05) is 25.3 Å². The summed E-state index contributed by atoms with van der Waals surface area (Å²) >= 11 is 0. The van der Waals surface area contributed by atoms with Gasteiger partial charge in [-0.15, -0.1) is 0 Å². The van der Waals surface area contributed by atoms with Gasteiger partial charge in [-0.1, -0.05) is 12.8 Å². The van der Waals surface area contributed by atoms with Crippen LogP contribution in [0.5, 0.6) is 0 Å². The Kier molecular flexibility index (Phi) is 4.65. The first-order chi connectivity index (χ1) is 14.8. The molecule has 1 fully saturated rings. The highest BCUT2D eigenvalue weighted by Crippen LogP contribution is 2.40. The van der Waals surface area contributed by atoms with Gasteiger partial charge in [-0.2, -0.15) is 4.98 Å². The minimum absolute atomic E-state index is 0.0781. The van der Waals surface area contributed by atoms with Crippen molar-refractivity contribution in [3.05, 3.63) is 24.4 Å². The van der Waals surface area contributed by atoms with Gasteiger partial charge < -0.3 is 30.9 Å². The summed E-state index contributed by atoms with van der Waals surface area (Å²) in [6, 6.07) is 6.09. The lowest BCUT2D eigenvalue weighted by molar-refractivity contribution is -0.125. The molecule has 0 radical (unpaired) electrons. The molecule has 1 unspecified atom stereocenters. The first-order valence-corrected chi connectivity index (χ1v) is 10.9. The summed E-state index contributed by atoms with van der Waals surface area (Å²) in [6.45, 7) is 4.65. The van der Waals surface area contributed by atoms with Crippen LogP contribution in [0.1, 0.15) is 39.5 Å². The van der Waals surface area contributed by atoms with E-state index in [4.69, 9.17) is 4.98 Å². The fourth-order valence-electron chi connectivity index (χ4n) is 4.85. The molecule has 1 atom stereocenters. The largest absolute Gasteiger partial charge is 0.357 e. The summed E-state index contributed by atoms with van der Waals surface area (Å²) in [5.41, 5.74) is 2.71. The van der Waals surface area contributed by atoms with Crippen LogP contribution in [0, 0.1) is 5.41 Å². The van der Waals surface area contributed by atoms with Gasteiger partial charge in [-0.05, 0) is 44.9 Å². The summed E-state index contributed by atoms with van der Waals surface area (Å²) in [5, 5.41) is 18.9. The normalized spacial score (nSPS) is 22.5. The molecule has 1 aliphatic carbocycles. The Bertz CT molecular complexity index is 1020. The molecule has 2 aliphatic heterocycles. The van der Waals surface area contributed by atoms with E-state index in [0.717, 1.165) is 41.4 Å². The SMILES string of the molecule is CN1C(=O)C(C)(C)CN(C2CCCC2)c2nc(Nc3ccc4c(c3)NC(O)N4)ncc21. The molecule has 9 heteroatoms. The van der Waals surface area contributed by atoms with Crippen LogP contribution in [-0.2, 0) is 4.79 Å². The number of anilines is 6. The van der Waals surface area contributed by atoms with Crippen LogP contribution < -0.4 is 25.8 Å². The van der Waals surface area contributed by atoms with Gasteiger partial charge in [-0.3, -0.25) is 4.79 Å². The second-order valence-corrected chi connectivity index (χ2v) is 9.29. The van der Waals surface area contributed by atoms with Gasteiger partial charge in [0.15, 0.2) is 5.82 Å². The maximum Gasteiger partial charge on any atom is 0.234 e. The van der Waals surface area contributed by atoms with Crippen molar-refractivity contribution in [3.63, 3.8) is 0 Å². The van der Waals surface area contributed by atoms with Gasteiger partial charge in [-0.25, -0.2) is 4.98 Å². The highest BCUT2D eigenvalue weighted by Gasteiger charge is 2.41. The minimum Gasteiger partial charge on any atom is -0.357 e. The number of amides is 1. The maximum absolute atomic E-state index is 13.1. The van der Waals surface area contributed by atoms with Crippen molar-refractivity contribution in [2.45, 2.75) is 51.9 Å². The van der Waals surface area contributed by atoms with Crippen molar-refractivity contribution in [1.29, 1.82) is 0 Å². The highest BCUT2D eigenvalue weighted by atomic mass is 16.3. The molecule has 3 heterocycles. The number of aliphatic hydroxyl groups excluding tert-OH is 1. The van der Waals surface area contributed by atoms with Crippen LogP contribution in [0.25, 0.3) is 0 Å². The number of nitrogens with zero attached hydrogens (tertiary/aromatic N) is 4. The molecular formula is C22H29N7O2. The number of fused-ring (bicyclic) bond motifs is 2. The van der Waals surface area contributed by atoms with E-state index < -0.39 is 11.8 Å². The van der Waals surface area contributed by atoms with Crippen LogP contribution in [0.4, 0.5) is 34.5 Å². The van der Waals surface area contributed by atoms with Gasteiger partial charge in [0.05, 0.1) is 23.0 Å². The molecule has 5 rings (SSSR count). The molecule has 0 bridgehead atoms. The summed E-state index contributed by atoms with van der Waals surface area (Å²) in [6.07, 6.45) is 5.60. The quantitative estimate of drug-likeness (QED) is 0.597. The average Bonchev–Trinajstić information content (AvgIpc) is 3.38. The van der Waals surface area contributed by atoms with Gasteiger partial charge in [0.1, 0.15) is 5.69 Å². The topological polar surface area (TPSA) is 106 Å².